The van der Waals surface area contributed by atoms with E-state index in [1.165, 1.54) is 0 Å². The smallest absolute Gasteiger partial charge is 0.251 e. The number of alkyl halides is 2. The molecular formula is C8H13F2NO. The van der Waals surface area contributed by atoms with Gasteiger partial charge in [0.2, 0.25) is 0 Å². The summed E-state index contributed by atoms with van der Waals surface area (Å²) in [6, 6.07) is 0. The van der Waals surface area contributed by atoms with Crippen LogP contribution in [0.25, 0.3) is 0 Å². The Morgan fingerprint density at radius 1 is 1.33 bits per heavy atom. The molecule has 0 aromatic heterocycles. The molecule has 1 aliphatic heterocycles. The van der Waals surface area contributed by atoms with Gasteiger partial charge in [-0.1, -0.05) is 0 Å². The fourth-order valence-electron chi connectivity index (χ4n) is 2.00. The quantitative estimate of drug-likeness (QED) is 0.615. The Hall–Kier alpha value is -0.220. The van der Waals surface area contributed by atoms with E-state index in [2.05, 4.69) is 5.32 Å². The van der Waals surface area contributed by atoms with Crippen LogP contribution < -0.4 is 5.32 Å². The van der Waals surface area contributed by atoms with Crippen LogP contribution in [0.1, 0.15) is 12.8 Å². The number of hydrogen-bond donors (Lipinski definition) is 2. The lowest BCUT2D eigenvalue weighted by Gasteiger charge is -2.26. The number of nitrogens with one attached hydrogen (secondary N) is 1. The lowest BCUT2D eigenvalue weighted by molar-refractivity contribution is 0.0565. The normalized spacial score (nSPS) is 45.8. The monoisotopic (exact) mass is 177 g/mol. The first-order valence-corrected chi connectivity index (χ1v) is 4.36. The van der Waals surface area contributed by atoms with Gasteiger partial charge in [0, 0.05) is 18.9 Å². The molecule has 2 nitrogen and oxygen atoms in total. The van der Waals surface area contributed by atoms with E-state index in [1.54, 1.807) is 0 Å². The molecule has 4 heteroatoms. The number of hydrogen-bond acceptors (Lipinski definition) is 2. The average Bonchev–Trinajstić information content (AvgIpc) is 2.60. The first kappa shape index (κ1) is 8.38. The number of rotatable bonds is 1. The molecule has 1 saturated carbocycles. The summed E-state index contributed by atoms with van der Waals surface area (Å²) >= 11 is 0. The minimum atomic E-state index is -2.44. The third-order valence-electron chi connectivity index (χ3n) is 2.80. The predicted octanol–water partition coefficient (Wildman–Crippen LogP) is 0.612. The molecule has 0 aromatic rings. The van der Waals surface area contributed by atoms with Gasteiger partial charge in [-0.05, 0) is 18.9 Å². The Balaban J connectivity index is 1.89. The fourth-order valence-corrected chi connectivity index (χ4v) is 2.00. The maximum Gasteiger partial charge on any atom is 0.251 e. The molecule has 0 amide bonds. The van der Waals surface area contributed by atoms with Crippen molar-refractivity contribution in [3.63, 3.8) is 0 Å². The molecule has 2 aliphatic rings. The van der Waals surface area contributed by atoms with Crippen LogP contribution in [0.4, 0.5) is 8.78 Å². The van der Waals surface area contributed by atoms with Crippen molar-refractivity contribution in [3.8, 4) is 0 Å². The zero-order valence-corrected chi connectivity index (χ0v) is 6.76. The lowest BCUT2D eigenvalue weighted by atomic mass is 9.93. The first-order valence-electron chi connectivity index (χ1n) is 4.36. The topological polar surface area (TPSA) is 32.3 Å². The number of aliphatic hydroxyl groups excluding tert-OH is 1. The lowest BCUT2D eigenvalue weighted by Crippen LogP contribution is -2.40. The second-order valence-electron chi connectivity index (χ2n) is 3.88. The molecule has 2 unspecified atom stereocenters. The zero-order valence-electron chi connectivity index (χ0n) is 6.76. The highest BCUT2D eigenvalue weighted by Gasteiger charge is 2.60. The highest BCUT2D eigenvalue weighted by molar-refractivity contribution is 5.01. The summed E-state index contributed by atoms with van der Waals surface area (Å²) in [7, 11) is 0. The van der Waals surface area contributed by atoms with Crippen LogP contribution in [0, 0.1) is 11.8 Å². The Kier molecular flexibility index (Phi) is 1.84. The van der Waals surface area contributed by atoms with E-state index in [-0.39, 0.29) is 12.3 Å². The number of aliphatic hydroxyl groups is 1. The molecule has 12 heavy (non-hydrogen) atoms. The van der Waals surface area contributed by atoms with Gasteiger partial charge in [0.15, 0.2) is 0 Å². The van der Waals surface area contributed by atoms with Crippen LogP contribution in [0.2, 0.25) is 0 Å². The summed E-state index contributed by atoms with van der Waals surface area (Å²) in [5.41, 5.74) is 0. The highest BCUT2D eigenvalue weighted by atomic mass is 19.3. The molecule has 0 bridgehead atoms. The summed E-state index contributed by atoms with van der Waals surface area (Å²) in [6.07, 6.45) is 0.124. The summed E-state index contributed by atoms with van der Waals surface area (Å²) in [5.74, 6) is -2.94. The Labute approximate surface area is 70.0 Å². The summed E-state index contributed by atoms with van der Waals surface area (Å²) < 4.78 is 25.2. The standard InChI is InChI=1S/C8H13F2NO/c9-8(10)2-7(8)5-1-6(12)4-11-3-5/h5-7,11-12H,1-4H2/t5?,6-,7?/m0/s1. The van der Waals surface area contributed by atoms with E-state index in [4.69, 9.17) is 0 Å². The Morgan fingerprint density at radius 2 is 2.00 bits per heavy atom. The largest absolute Gasteiger partial charge is 0.392 e. The fraction of sp³-hybridized carbons (Fsp3) is 1.00. The van der Waals surface area contributed by atoms with Crippen LogP contribution >= 0.6 is 0 Å². The van der Waals surface area contributed by atoms with E-state index in [0.717, 1.165) is 0 Å². The van der Waals surface area contributed by atoms with Crippen molar-refractivity contribution in [1.29, 1.82) is 0 Å². The van der Waals surface area contributed by atoms with Crippen molar-refractivity contribution < 1.29 is 13.9 Å². The maximum atomic E-state index is 12.6. The van der Waals surface area contributed by atoms with Gasteiger partial charge < -0.3 is 10.4 Å². The number of β-amino-alcohol motifs (C(OH)–C–C–N with tert-alkyl or cyclic N) is 1. The molecule has 2 fully saturated rings. The van der Waals surface area contributed by atoms with Gasteiger partial charge in [-0.25, -0.2) is 8.78 Å². The zero-order chi connectivity index (χ0) is 8.77. The van der Waals surface area contributed by atoms with Gasteiger partial charge in [-0.2, -0.15) is 0 Å². The molecule has 2 rings (SSSR count). The van der Waals surface area contributed by atoms with Gasteiger partial charge >= 0.3 is 0 Å². The predicted molar refractivity (Wildman–Crippen MR) is 40.0 cm³/mol. The van der Waals surface area contributed by atoms with Crippen molar-refractivity contribution in [2.24, 2.45) is 11.8 Å². The average molecular weight is 177 g/mol. The summed E-state index contributed by atoms with van der Waals surface area (Å²) in [6.45, 7) is 1.19. The molecule has 0 spiro atoms. The number of halogens is 2. The minimum absolute atomic E-state index is 0.0199. The van der Waals surface area contributed by atoms with Crippen LogP contribution in [0.15, 0.2) is 0 Å². The SMILES string of the molecule is O[C@@H]1CNCC(C2CC2(F)F)C1. The van der Waals surface area contributed by atoms with Gasteiger partial charge in [0.25, 0.3) is 5.92 Å². The van der Waals surface area contributed by atoms with Crippen molar-refractivity contribution in [3.05, 3.63) is 0 Å². The molecular weight excluding hydrogens is 164 g/mol. The third-order valence-corrected chi connectivity index (χ3v) is 2.80. The number of piperidine rings is 1. The van der Waals surface area contributed by atoms with Crippen LogP contribution in [-0.4, -0.2) is 30.2 Å². The van der Waals surface area contributed by atoms with Crippen LogP contribution in [-0.2, 0) is 0 Å². The van der Waals surface area contributed by atoms with E-state index in [9.17, 15) is 13.9 Å². The summed E-state index contributed by atoms with van der Waals surface area (Å²) in [4.78, 5) is 0. The van der Waals surface area contributed by atoms with Crippen molar-refractivity contribution in [1.82, 2.24) is 5.32 Å². The molecule has 0 radical (unpaired) electrons. The van der Waals surface area contributed by atoms with E-state index in [1.807, 2.05) is 0 Å². The van der Waals surface area contributed by atoms with Crippen LogP contribution in [0.5, 0.6) is 0 Å². The van der Waals surface area contributed by atoms with Crippen molar-refractivity contribution in [2.45, 2.75) is 24.9 Å². The minimum Gasteiger partial charge on any atom is -0.392 e. The Morgan fingerprint density at radius 3 is 2.50 bits per heavy atom. The molecule has 1 saturated heterocycles. The summed E-state index contributed by atoms with van der Waals surface area (Å²) in [5, 5.41) is 12.2. The van der Waals surface area contributed by atoms with E-state index < -0.39 is 17.9 Å². The molecule has 70 valence electrons. The van der Waals surface area contributed by atoms with Gasteiger partial charge in [0.1, 0.15) is 0 Å². The maximum absolute atomic E-state index is 12.6. The van der Waals surface area contributed by atoms with Crippen LogP contribution in [0.3, 0.4) is 0 Å². The molecule has 1 aliphatic carbocycles. The molecule has 2 N–H and O–H groups in total. The van der Waals surface area contributed by atoms with Crippen molar-refractivity contribution in [2.75, 3.05) is 13.1 Å². The van der Waals surface area contributed by atoms with E-state index >= 15 is 0 Å². The molecule has 0 aromatic carbocycles. The Bertz CT molecular complexity index is 186. The third kappa shape index (κ3) is 1.45. The molecule has 3 atom stereocenters. The molecule has 1 heterocycles. The van der Waals surface area contributed by atoms with Gasteiger partial charge in [-0.15, -0.1) is 0 Å². The van der Waals surface area contributed by atoms with Gasteiger partial charge in [0.05, 0.1) is 6.10 Å². The van der Waals surface area contributed by atoms with Crippen molar-refractivity contribution >= 4 is 0 Å². The second-order valence-corrected chi connectivity index (χ2v) is 3.88. The highest BCUT2D eigenvalue weighted by Crippen LogP contribution is 2.54. The van der Waals surface area contributed by atoms with Gasteiger partial charge in [-0.3, -0.25) is 0 Å². The van der Waals surface area contributed by atoms with E-state index in [0.29, 0.717) is 19.5 Å². The second kappa shape index (κ2) is 2.64. The first-order chi connectivity index (χ1) is 5.59.